The normalized spacial score (nSPS) is 28.9. The zero-order valence-electron chi connectivity index (χ0n) is 13.2. The summed E-state index contributed by atoms with van der Waals surface area (Å²) >= 11 is 0. The molecule has 0 N–H and O–H groups in total. The number of piperidine rings is 1. The maximum absolute atomic E-state index is 12.3. The molecule has 0 bridgehead atoms. The van der Waals surface area contributed by atoms with Crippen molar-refractivity contribution in [3.8, 4) is 0 Å². The van der Waals surface area contributed by atoms with Gasteiger partial charge in [0.1, 0.15) is 0 Å². The molecule has 0 aromatic carbocycles. The third-order valence-electron chi connectivity index (χ3n) is 4.45. The van der Waals surface area contributed by atoms with E-state index in [-0.39, 0.29) is 17.8 Å². The first-order chi connectivity index (χ1) is 10.1. The molecule has 1 atom stereocenters. The number of amides is 1. The smallest absolute Gasteiger partial charge is 0.310 e. The van der Waals surface area contributed by atoms with Crippen LogP contribution in [0, 0.1) is 11.8 Å². The Hall–Kier alpha value is -1.10. The van der Waals surface area contributed by atoms with Crippen molar-refractivity contribution in [1.29, 1.82) is 0 Å². The van der Waals surface area contributed by atoms with Crippen LogP contribution in [0.1, 0.15) is 46.0 Å². The molecular weight excluding hydrogens is 270 g/mol. The van der Waals surface area contributed by atoms with Gasteiger partial charge in [-0.05, 0) is 45.4 Å². The molecule has 2 fully saturated rings. The summed E-state index contributed by atoms with van der Waals surface area (Å²) in [6.07, 6.45) is 4.66. The van der Waals surface area contributed by atoms with Crippen LogP contribution in [0.3, 0.4) is 0 Å². The number of nitrogens with zero attached hydrogens (tertiary/aromatic N) is 1. The van der Waals surface area contributed by atoms with Crippen LogP contribution in [0.2, 0.25) is 0 Å². The summed E-state index contributed by atoms with van der Waals surface area (Å²) in [5, 5.41) is 0. The highest BCUT2D eigenvalue weighted by atomic mass is 16.5. The van der Waals surface area contributed by atoms with Crippen LogP contribution in [-0.2, 0) is 19.1 Å². The average molecular weight is 297 g/mol. The van der Waals surface area contributed by atoms with Gasteiger partial charge in [-0.1, -0.05) is 0 Å². The van der Waals surface area contributed by atoms with Gasteiger partial charge in [-0.15, -0.1) is 0 Å². The maximum Gasteiger partial charge on any atom is 0.310 e. The molecule has 120 valence electrons. The van der Waals surface area contributed by atoms with Gasteiger partial charge in [0, 0.05) is 26.1 Å². The van der Waals surface area contributed by atoms with E-state index in [9.17, 15) is 9.59 Å². The minimum Gasteiger partial charge on any atom is -0.466 e. The van der Waals surface area contributed by atoms with Gasteiger partial charge in [0.25, 0.3) is 0 Å². The highest BCUT2D eigenvalue weighted by Crippen LogP contribution is 2.33. The summed E-state index contributed by atoms with van der Waals surface area (Å²) in [6.45, 7) is 6.27. The second kappa shape index (κ2) is 7.78. The molecule has 0 aromatic rings. The van der Waals surface area contributed by atoms with E-state index in [1.165, 1.54) is 0 Å². The number of hydrogen-bond acceptors (Lipinski definition) is 4. The number of hydrogen-bond donors (Lipinski definition) is 0. The third kappa shape index (κ3) is 4.43. The Balaban J connectivity index is 1.74. The predicted molar refractivity (Wildman–Crippen MR) is 78.7 cm³/mol. The SMILES string of the molecule is CCOC(=O)C1CCCN(C(=O)CC2CC(OCC)C2)C1. The van der Waals surface area contributed by atoms with E-state index in [0.29, 0.717) is 31.6 Å². The Bertz CT molecular complexity index is 365. The third-order valence-corrected chi connectivity index (χ3v) is 4.45. The van der Waals surface area contributed by atoms with E-state index in [4.69, 9.17) is 9.47 Å². The van der Waals surface area contributed by atoms with Gasteiger partial charge in [-0.3, -0.25) is 9.59 Å². The Morgan fingerprint density at radius 2 is 1.95 bits per heavy atom. The van der Waals surface area contributed by atoms with E-state index in [0.717, 1.165) is 38.8 Å². The highest BCUT2D eigenvalue weighted by molar-refractivity contribution is 5.78. The zero-order chi connectivity index (χ0) is 15.2. The van der Waals surface area contributed by atoms with Crippen LogP contribution in [-0.4, -0.2) is 49.2 Å². The molecule has 1 aliphatic heterocycles. The average Bonchev–Trinajstić information content (AvgIpc) is 2.45. The second-order valence-electron chi connectivity index (χ2n) is 6.05. The predicted octanol–water partition coefficient (Wildman–Crippen LogP) is 1.99. The summed E-state index contributed by atoms with van der Waals surface area (Å²) in [7, 11) is 0. The van der Waals surface area contributed by atoms with E-state index in [2.05, 4.69) is 0 Å². The summed E-state index contributed by atoms with van der Waals surface area (Å²) in [4.78, 5) is 26.0. The molecule has 2 aliphatic rings. The molecular formula is C16H27NO4. The van der Waals surface area contributed by atoms with Gasteiger partial charge in [0.05, 0.1) is 18.6 Å². The molecule has 1 unspecified atom stereocenters. The minimum atomic E-state index is -0.157. The standard InChI is InChI=1S/C16H27NO4/c1-3-20-14-8-12(9-14)10-15(18)17-7-5-6-13(11-17)16(19)21-4-2/h12-14H,3-11H2,1-2H3. The van der Waals surface area contributed by atoms with Crippen LogP contribution in [0.4, 0.5) is 0 Å². The van der Waals surface area contributed by atoms with Gasteiger partial charge in [-0.25, -0.2) is 0 Å². The lowest BCUT2D eigenvalue weighted by atomic mass is 9.79. The first-order valence-electron chi connectivity index (χ1n) is 8.20. The Kier molecular flexibility index (Phi) is 6.03. The maximum atomic E-state index is 12.3. The van der Waals surface area contributed by atoms with Crippen LogP contribution >= 0.6 is 0 Å². The molecule has 1 aliphatic carbocycles. The molecule has 21 heavy (non-hydrogen) atoms. The number of esters is 1. The molecule has 0 radical (unpaired) electrons. The number of carbonyl (C=O) groups excluding carboxylic acids is 2. The number of rotatable bonds is 6. The lowest BCUT2D eigenvalue weighted by Gasteiger charge is -2.37. The van der Waals surface area contributed by atoms with Crippen LogP contribution in [0.15, 0.2) is 0 Å². The lowest BCUT2D eigenvalue weighted by Crippen LogP contribution is -2.44. The fraction of sp³-hybridized carbons (Fsp3) is 0.875. The molecule has 1 saturated carbocycles. The molecule has 0 aromatic heterocycles. The van der Waals surface area contributed by atoms with Gasteiger partial charge < -0.3 is 14.4 Å². The first-order valence-corrected chi connectivity index (χ1v) is 8.20. The fourth-order valence-corrected chi connectivity index (χ4v) is 3.25. The van der Waals surface area contributed by atoms with Gasteiger partial charge in [-0.2, -0.15) is 0 Å². The number of likely N-dealkylation sites (tertiary alicyclic amines) is 1. The van der Waals surface area contributed by atoms with Crippen molar-refractivity contribution in [3.05, 3.63) is 0 Å². The summed E-state index contributed by atoms with van der Waals surface area (Å²) in [5.74, 6) is 0.344. The quantitative estimate of drug-likeness (QED) is 0.704. The van der Waals surface area contributed by atoms with Crippen molar-refractivity contribution in [2.24, 2.45) is 11.8 Å². The fourth-order valence-electron chi connectivity index (χ4n) is 3.25. The zero-order valence-corrected chi connectivity index (χ0v) is 13.2. The Morgan fingerprint density at radius 3 is 2.62 bits per heavy atom. The van der Waals surface area contributed by atoms with Crippen molar-refractivity contribution >= 4 is 11.9 Å². The Morgan fingerprint density at radius 1 is 1.19 bits per heavy atom. The van der Waals surface area contributed by atoms with Crippen molar-refractivity contribution < 1.29 is 19.1 Å². The van der Waals surface area contributed by atoms with Crippen molar-refractivity contribution in [2.75, 3.05) is 26.3 Å². The van der Waals surface area contributed by atoms with Gasteiger partial charge >= 0.3 is 5.97 Å². The van der Waals surface area contributed by atoms with Crippen LogP contribution < -0.4 is 0 Å². The topological polar surface area (TPSA) is 55.8 Å². The molecule has 2 rings (SSSR count). The van der Waals surface area contributed by atoms with Crippen LogP contribution in [0.25, 0.3) is 0 Å². The molecule has 1 saturated heterocycles. The van der Waals surface area contributed by atoms with E-state index < -0.39 is 0 Å². The minimum absolute atomic E-state index is 0.139. The highest BCUT2D eigenvalue weighted by Gasteiger charge is 2.34. The first kappa shape index (κ1) is 16.3. The van der Waals surface area contributed by atoms with Crippen molar-refractivity contribution in [1.82, 2.24) is 4.90 Å². The second-order valence-corrected chi connectivity index (χ2v) is 6.05. The number of carbonyl (C=O) groups is 2. The largest absolute Gasteiger partial charge is 0.466 e. The van der Waals surface area contributed by atoms with E-state index >= 15 is 0 Å². The van der Waals surface area contributed by atoms with E-state index in [1.807, 2.05) is 18.7 Å². The number of ether oxygens (including phenoxy) is 2. The lowest BCUT2D eigenvalue weighted by molar-refractivity contribution is -0.151. The van der Waals surface area contributed by atoms with E-state index in [1.54, 1.807) is 0 Å². The molecule has 1 heterocycles. The van der Waals surface area contributed by atoms with Crippen LogP contribution in [0.5, 0.6) is 0 Å². The van der Waals surface area contributed by atoms with Gasteiger partial charge in [0.2, 0.25) is 5.91 Å². The summed E-state index contributed by atoms with van der Waals surface area (Å²) in [6, 6.07) is 0. The monoisotopic (exact) mass is 297 g/mol. The van der Waals surface area contributed by atoms with Crippen molar-refractivity contribution in [3.63, 3.8) is 0 Å². The summed E-state index contributed by atoms with van der Waals surface area (Å²) in [5.41, 5.74) is 0. The molecule has 1 amide bonds. The molecule has 5 heteroatoms. The van der Waals surface area contributed by atoms with Gasteiger partial charge in [0.15, 0.2) is 0 Å². The molecule has 5 nitrogen and oxygen atoms in total. The molecule has 0 spiro atoms. The van der Waals surface area contributed by atoms with Crippen molar-refractivity contribution in [2.45, 2.75) is 52.1 Å². The Labute approximate surface area is 127 Å². The summed E-state index contributed by atoms with van der Waals surface area (Å²) < 4.78 is 10.6.